The molecule has 4 nitrogen and oxygen atoms in total. The van der Waals surface area contributed by atoms with Crippen molar-refractivity contribution in [2.24, 2.45) is 5.92 Å². The van der Waals surface area contributed by atoms with E-state index in [1.165, 1.54) is 17.5 Å². The lowest BCUT2D eigenvalue weighted by molar-refractivity contribution is -0.128. The van der Waals surface area contributed by atoms with Crippen LogP contribution in [-0.2, 0) is 29.0 Å². The maximum absolute atomic E-state index is 12.6. The van der Waals surface area contributed by atoms with Gasteiger partial charge in [-0.15, -0.1) is 0 Å². The molecule has 128 valence electrons. The van der Waals surface area contributed by atoms with Gasteiger partial charge in [0.1, 0.15) is 0 Å². The number of rotatable bonds is 4. The maximum Gasteiger partial charge on any atom is 0.229 e. The zero-order chi connectivity index (χ0) is 17.2. The van der Waals surface area contributed by atoms with E-state index in [4.69, 9.17) is 0 Å². The fourth-order valence-electron chi connectivity index (χ4n) is 3.80. The number of fused-ring (bicyclic) bond motifs is 1. The number of benzene rings is 2. The third-order valence-corrected chi connectivity index (χ3v) is 5.17. The molecule has 25 heavy (non-hydrogen) atoms. The van der Waals surface area contributed by atoms with Crippen LogP contribution < -0.4 is 5.32 Å². The first-order chi connectivity index (χ1) is 12.2. The predicted octanol–water partition coefficient (Wildman–Crippen LogP) is 3.16. The summed E-state index contributed by atoms with van der Waals surface area (Å²) in [6.07, 6.45) is 3.71. The summed E-state index contributed by atoms with van der Waals surface area (Å²) in [5.74, 6) is -0.274. The second kappa shape index (κ2) is 6.71. The van der Waals surface area contributed by atoms with E-state index in [-0.39, 0.29) is 17.7 Å². The normalized spacial score (nSPS) is 19.1. The average Bonchev–Trinajstić information content (AvgIpc) is 3.22. The zero-order valence-corrected chi connectivity index (χ0v) is 14.2. The Hall–Kier alpha value is -2.62. The average molecular weight is 334 g/mol. The topological polar surface area (TPSA) is 49.4 Å². The Balaban J connectivity index is 1.39. The Kier molecular flexibility index (Phi) is 4.26. The first-order valence-corrected chi connectivity index (χ1v) is 8.93. The Bertz CT molecular complexity index is 801. The molecular weight excluding hydrogens is 312 g/mol. The molecule has 2 aromatic carbocycles. The van der Waals surface area contributed by atoms with Crippen molar-refractivity contribution in [2.45, 2.75) is 32.2 Å². The lowest BCUT2D eigenvalue weighted by atomic mass is 10.1. The Morgan fingerprint density at radius 3 is 2.72 bits per heavy atom. The minimum absolute atomic E-state index is 0.0537. The smallest absolute Gasteiger partial charge is 0.229 e. The van der Waals surface area contributed by atoms with Gasteiger partial charge in [-0.05, 0) is 48.1 Å². The summed E-state index contributed by atoms with van der Waals surface area (Å²) in [6, 6.07) is 16.1. The molecule has 2 amide bonds. The second-order valence-corrected chi connectivity index (χ2v) is 6.99. The number of anilines is 1. The van der Waals surface area contributed by atoms with Crippen LogP contribution in [0.1, 0.15) is 29.5 Å². The molecule has 0 spiro atoms. The van der Waals surface area contributed by atoms with Gasteiger partial charge in [-0.2, -0.15) is 0 Å². The van der Waals surface area contributed by atoms with Gasteiger partial charge in [0.15, 0.2) is 0 Å². The highest BCUT2D eigenvalue weighted by molar-refractivity contribution is 5.97. The highest BCUT2D eigenvalue weighted by Gasteiger charge is 2.34. The van der Waals surface area contributed by atoms with Gasteiger partial charge in [-0.1, -0.05) is 36.4 Å². The Labute approximate surface area is 147 Å². The molecule has 1 N–H and O–H groups in total. The SMILES string of the molecule is O=C(Nc1ccc2c(c1)CCC2)C1CC(=O)N(Cc2ccccc2)C1. The highest BCUT2D eigenvalue weighted by atomic mass is 16.2. The summed E-state index contributed by atoms with van der Waals surface area (Å²) >= 11 is 0. The van der Waals surface area contributed by atoms with Crippen LogP contribution in [0.25, 0.3) is 0 Å². The van der Waals surface area contributed by atoms with Gasteiger partial charge in [0.05, 0.1) is 5.92 Å². The summed E-state index contributed by atoms with van der Waals surface area (Å²) in [7, 11) is 0. The number of aryl methyl sites for hydroxylation is 2. The van der Waals surface area contributed by atoms with Crippen LogP contribution in [-0.4, -0.2) is 23.3 Å². The van der Waals surface area contributed by atoms with Crippen LogP contribution in [0.3, 0.4) is 0 Å². The molecule has 0 bridgehead atoms. The lowest BCUT2D eigenvalue weighted by Gasteiger charge is -2.16. The fourth-order valence-corrected chi connectivity index (χ4v) is 3.80. The highest BCUT2D eigenvalue weighted by Crippen LogP contribution is 2.26. The van der Waals surface area contributed by atoms with E-state index in [0.717, 1.165) is 24.1 Å². The number of nitrogens with zero attached hydrogens (tertiary/aromatic N) is 1. The molecule has 2 aromatic rings. The minimum atomic E-state index is -0.274. The van der Waals surface area contributed by atoms with Crippen molar-refractivity contribution in [1.82, 2.24) is 4.90 Å². The standard InChI is InChI=1S/C21H22N2O2/c24-20-12-18(14-23(20)13-15-5-2-1-3-6-15)21(25)22-19-10-9-16-7-4-8-17(16)11-19/h1-3,5-6,9-11,18H,4,7-8,12-14H2,(H,22,25). The molecular formula is C21H22N2O2. The molecule has 1 atom stereocenters. The largest absolute Gasteiger partial charge is 0.338 e. The molecule has 4 heteroatoms. The van der Waals surface area contributed by atoms with Gasteiger partial charge >= 0.3 is 0 Å². The summed E-state index contributed by atoms with van der Waals surface area (Å²) < 4.78 is 0. The van der Waals surface area contributed by atoms with Gasteiger partial charge in [-0.3, -0.25) is 9.59 Å². The first-order valence-electron chi connectivity index (χ1n) is 8.93. The number of carbonyl (C=O) groups excluding carboxylic acids is 2. The molecule has 1 aliphatic heterocycles. The van der Waals surface area contributed by atoms with Crippen molar-refractivity contribution in [3.8, 4) is 0 Å². The first kappa shape index (κ1) is 15.9. The summed E-state index contributed by atoms with van der Waals surface area (Å²) in [5.41, 5.74) is 4.67. The number of likely N-dealkylation sites (tertiary alicyclic amines) is 1. The molecule has 1 unspecified atom stereocenters. The third kappa shape index (κ3) is 3.43. The van der Waals surface area contributed by atoms with Gasteiger partial charge in [0.2, 0.25) is 11.8 Å². The summed E-state index contributed by atoms with van der Waals surface area (Å²) in [4.78, 5) is 26.6. The van der Waals surface area contributed by atoms with Crippen LogP contribution >= 0.6 is 0 Å². The predicted molar refractivity (Wildman–Crippen MR) is 97.1 cm³/mol. The quantitative estimate of drug-likeness (QED) is 0.934. The number of amides is 2. The Morgan fingerprint density at radius 1 is 1.08 bits per heavy atom. The van der Waals surface area contributed by atoms with E-state index in [2.05, 4.69) is 17.4 Å². The van der Waals surface area contributed by atoms with E-state index >= 15 is 0 Å². The van der Waals surface area contributed by atoms with Crippen LogP contribution in [0, 0.1) is 5.92 Å². The van der Waals surface area contributed by atoms with Gasteiger partial charge < -0.3 is 10.2 Å². The molecule has 1 saturated heterocycles. The molecule has 0 radical (unpaired) electrons. The fraction of sp³-hybridized carbons (Fsp3) is 0.333. The summed E-state index contributed by atoms with van der Waals surface area (Å²) in [5, 5.41) is 3.00. The van der Waals surface area contributed by atoms with E-state index in [1.54, 1.807) is 4.90 Å². The molecule has 1 fully saturated rings. The number of carbonyl (C=O) groups is 2. The van der Waals surface area contributed by atoms with Gasteiger partial charge in [-0.25, -0.2) is 0 Å². The number of nitrogens with one attached hydrogen (secondary N) is 1. The molecule has 2 aliphatic rings. The molecule has 0 aromatic heterocycles. The monoisotopic (exact) mass is 334 g/mol. The van der Waals surface area contributed by atoms with E-state index < -0.39 is 0 Å². The lowest BCUT2D eigenvalue weighted by Crippen LogP contribution is -2.28. The van der Waals surface area contributed by atoms with Gasteiger partial charge in [0.25, 0.3) is 0 Å². The van der Waals surface area contributed by atoms with Crippen LogP contribution in [0.5, 0.6) is 0 Å². The van der Waals surface area contributed by atoms with Crippen molar-refractivity contribution >= 4 is 17.5 Å². The van der Waals surface area contributed by atoms with Crippen LogP contribution in [0.4, 0.5) is 5.69 Å². The van der Waals surface area contributed by atoms with E-state index in [1.807, 2.05) is 36.4 Å². The molecule has 4 rings (SSSR count). The molecule has 1 aliphatic carbocycles. The third-order valence-electron chi connectivity index (χ3n) is 5.17. The van der Waals surface area contributed by atoms with E-state index in [0.29, 0.717) is 19.5 Å². The van der Waals surface area contributed by atoms with E-state index in [9.17, 15) is 9.59 Å². The van der Waals surface area contributed by atoms with Crippen molar-refractivity contribution in [3.05, 3.63) is 65.2 Å². The molecule has 0 saturated carbocycles. The number of hydrogen-bond donors (Lipinski definition) is 1. The van der Waals surface area contributed by atoms with Gasteiger partial charge in [0, 0.05) is 25.2 Å². The second-order valence-electron chi connectivity index (χ2n) is 6.99. The van der Waals surface area contributed by atoms with Crippen LogP contribution in [0.2, 0.25) is 0 Å². The van der Waals surface area contributed by atoms with Crippen molar-refractivity contribution in [3.63, 3.8) is 0 Å². The van der Waals surface area contributed by atoms with Crippen molar-refractivity contribution in [1.29, 1.82) is 0 Å². The minimum Gasteiger partial charge on any atom is -0.338 e. The summed E-state index contributed by atoms with van der Waals surface area (Å²) in [6.45, 7) is 1.06. The van der Waals surface area contributed by atoms with Crippen molar-refractivity contribution < 1.29 is 9.59 Å². The number of hydrogen-bond acceptors (Lipinski definition) is 2. The Morgan fingerprint density at radius 2 is 1.88 bits per heavy atom. The van der Waals surface area contributed by atoms with Crippen molar-refractivity contribution in [2.75, 3.05) is 11.9 Å². The zero-order valence-electron chi connectivity index (χ0n) is 14.2. The maximum atomic E-state index is 12.6. The molecule has 1 heterocycles. The van der Waals surface area contributed by atoms with Crippen LogP contribution in [0.15, 0.2) is 48.5 Å².